The van der Waals surface area contributed by atoms with Gasteiger partial charge in [-0.3, -0.25) is 0 Å². The zero-order valence-electron chi connectivity index (χ0n) is 18.9. The summed E-state index contributed by atoms with van der Waals surface area (Å²) in [6.07, 6.45) is 0. The smallest absolute Gasteiger partial charge is 0.0628 e. The minimum Gasteiger partial charge on any atom is -0.368 e. The number of piperazine rings is 1. The molecule has 1 fully saturated rings. The molecular formula is C28H30ClN3. The highest BCUT2D eigenvalue weighted by molar-refractivity contribution is 6.30. The number of benzene rings is 3. The lowest BCUT2D eigenvalue weighted by atomic mass is 10.1. The summed E-state index contributed by atoms with van der Waals surface area (Å²) in [6.45, 7) is 16.5. The van der Waals surface area contributed by atoms with Crippen molar-refractivity contribution in [1.29, 1.82) is 0 Å². The summed E-state index contributed by atoms with van der Waals surface area (Å²) < 4.78 is 0. The largest absolute Gasteiger partial charge is 0.368 e. The van der Waals surface area contributed by atoms with Crippen LogP contribution in [0.1, 0.15) is 23.6 Å². The molecule has 1 aliphatic rings. The van der Waals surface area contributed by atoms with Gasteiger partial charge in [-0.25, -0.2) is 0 Å². The van der Waals surface area contributed by atoms with Gasteiger partial charge in [0.1, 0.15) is 0 Å². The Hall–Kier alpha value is -3.17. The standard InChI is InChI=1S/C28H30ClN3/c1-20(2)23-12-13-28(26(19-23)30-22(4)24-9-7-10-25(29)18-24)32-16-14-31(15-17-32)27-11-6-5-8-21(27)3/h5-13,18-19,30H,1,4,14-17H2,2-3H3. The maximum absolute atomic E-state index is 6.19. The van der Waals surface area contributed by atoms with Crippen LogP contribution in [0.5, 0.6) is 0 Å². The third-order valence-electron chi connectivity index (χ3n) is 6.02. The molecule has 0 atom stereocenters. The van der Waals surface area contributed by atoms with E-state index in [1.54, 1.807) is 0 Å². The molecule has 0 unspecified atom stereocenters. The van der Waals surface area contributed by atoms with Gasteiger partial charge in [0, 0.05) is 42.6 Å². The van der Waals surface area contributed by atoms with Gasteiger partial charge in [0.2, 0.25) is 0 Å². The van der Waals surface area contributed by atoms with Crippen LogP contribution < -0.4 is 15.1 Å². The molecule has 1 N–H and O–H groups in total. The van der Waals surface area contributed by atoms with Gasteiger partial charge in [0.15, 0.2) is 0 Å². The molecule has 0 aromatic heterocycles. The second-order valence-corrected chi connectivity index (χ2v) is 8.82. The third-order valence-corrected chi connectivity index (χ3v) is 6.26. The summed E-state index contributed by atoms with van der Waals surface area (Å²) in [4.78, 5) is 4.93. The average Bonchev–Trinajstić information content (AvgIpc) is 2.79. The number of nitrogens with zero attached hydrogens (tertiary/aromatic N) is 2. The number of rotatable bonds is 6. The number of anilines is 3. The van der Waals surface area contributed by atoms with Gasteiger partial charge in [0.05, 0.1) is 11.4 Å². The Kier molecular flexibility index (Phi) is 6.57. The van der Waals surface area contributed by atoms with Crippen LogP contribution in [0.15, 0.2) is 79.9 Å². The van der Waals surface area contributed by atoms with Crippen LogP contribution in [-0.2, 0) is 0 Å². The number of halogens is 1. The highest BCUT2D eigenvalue weighted by atomic mass is 35.5. The quantitative estimate of drug-likeness (QED) is 0.438. The fourth-order valence-corrected chi connectivity index (χ4v) is 4.39. The van der Waals surface area contributed by atoms with E-state index < -0.39 is 0 Å². The van der Waals surface area contributed by atoms with Crippen LogP contribution in [-0.4, -0.2) is 26.2 Å². The van der Waals surface area contributed by atoms with Crippen molar-refractivity contribution in [1.82, 2.24) is 0 Å². The van der Waals surface area contributed by atoms with E-state index in [2.05, 4.69) is 77.7 Å². The van der Waals surface area contributed by atoms with E-state index in [0.29, 0.717) is 5.02 Å². The van der Waals surface area contributed by atoms with Crippen LogP contribution >= 0.6 is 11.6 Å². The van der Waals surface area contributed by atoms with Gasteiger partial charge in [0.25, 0.3) is 0 Å². The second kappa shape index (κ2) is 9.54. The Morgan fingerprint density at radius 1 is 0.812 bits per heavy atom. The molecule has 4 heteroatoms. The second-order valence-electron chi connectivity index (χ2n) is 8.39. The minimum absolute atomic E-state index is 0.702. The number of aryl methyl sites for hydroxylation is 1. The summed E-state index contributed by atoms with van der Waals surface area (Å²) in [7, 11) is 0. The average molecular weight is 444 g/mol. The maximum Gasteiger partial charge on any atom is 0.0628 e. The van der Waals surface area contributed by atoms with Crippen LogP contribution in [0.2, 0.25) is 5.02 Å². The van der Waals surface area contributed by atoms with Crippen molar-refractivity contribution >= 4 is 39.9 Å². The molecule has 3 aromatic carbocycles. The van der Waals surface area contributed by atoms with Gasteiger partial charge in [-0.05, 0) is 60.9 Å². The zero-order chi connectivity index (χ0) is 22.7. The van der Waals surface area contributed by atoms with Crippen LogP contribution in [0.3, 0.4) is 0 Å². The monoisotopic (exact) mass is 443 g/mol. The Morgan fingerprint density at radius 2 is 1.50 bits per heavy atom. The molecule has 0 aliphatic carbocycles. The van der Waals surface area contributed by atoms with Crippen molar-refractivity contribution in [2.24, 2.45) is 0 Å². The Balaban J connectivity index is 1.57. The van der Waals surface area contributed by atoms with Gasteiger partial charge < -0.3 is 15.1 Å². The summed E-state index contributed by atoms with van der Waals surface area (Å²) in [6, 6.07) is 22.9. The van der Waals surface area contributed by atoms with E-state index >= 15 is 0 Å². The molecule has 0 amide bonds. The molecule has 3 aromatic rings. The highest BCUT2D eigenvalue weighted by Crippen LogP contribution is 2.33. The van der Waals surface area contributed by atoms with Gasteiger partial charge >= 0.3 is 0 Å². The van der Waals surface area contributed by atoms with E-state index in [9.17, 15) is 0 Å². The Morgan fingerprint density at radius 3 is 2.16 bits per heavy atom. The third kappa shape index (κ3) is 4.84. The van der Waals surface area contributed by atoms with E-state index in [-0.39, 0.29) is 0 Å². The Bertz CT molecular complexity index is 1140. The van der Waals surface area contributed by atoms with Crippen molar-refractivity contribution in [3.63, 3.8) is 0 Å². The van der Waals surface area contributed by atoms with Crippen molar-refractivity contribution in [2.45, 2.75) is 13.8 Å². The lowest BCUT2D eigenvalue weighted by molar-refractivity contribution is 0.653. The van der Waals surface area contributed by atoms with Gasteiger partial charge in [-0.2, -0.15) is 0 Å². The van der Waals surface area contributed by atoms with E-state index in [1.807, 2.05) is 31.2 Å². The van der Waals surface area contributed by atoms with E-state index in [1.165, 1.54) is 16.9 Å². The molecular weight excluding hydrogens is 414 g/mol. The number of nitrogens with one attached hydrogen (secondary N) is 1. The summed E-state index contributed by atoms with van der Waals surface area (Å²) in [5.41, 5.74) is 8.84. The first-order valence-corrected chi connectivity index (χ1v) is 11.4. The first kappa shape index (κ1) is 22.0. The van der Waals surface area contributed by atoms with Crippen molar-refractivity contribution < 1.29 is 0 Å². The number of hydrogen-bond donors (Lipinski definition) is 1. The van der Waals surface area contributed by atoms with E-state index in [0.717, 1.165) is 54.3 Å². The number of hydrogen-bond acceptors (Lipinski definition) is 3. The Labute approximate surface area is 196 Å². The maximum atomic E-state index is 6.19. The predicted molar refractivity (Wildman–Crippen MR) is 141 cm³/mol. The lowest BCUT2D eigenvalue weighted by Crippen LogP contribution is -2.47. The highest BCUT2D eigenvalue weighted by Gasteiger charge is 2.21. The predicted octanol–water partition coefficient (Wildman–Crippen LogP) is 7.09. The topological polar surface area (TPSA) is 18.5 Å². The molecule has 164 valence electrons. The van der Waals surface area contributed by atoms with Crippen molar-refractivity contribution in [2.75, 3.05) is 41.3 Å². The van der Waals surface area contributed by atoms with Crippen molar-refractivity contribution in [3.05, 3.63) is 102 Å². The van der Waals surface area contributed by atoms with Crippen molar-refractivity contribution in [3.8, 4) is 0 Å². The molecule has 32 heavy (non-hydrogen) atoms. The van der Waals surface area contributed by atoms with E-state index in [4.69, 9.17) is 11.6 Å². The lowest BCUT2D eigenvalue weighted by Gasteiger charge is -2.39. The summed E-state index contributed by atoms with van der Waals surface area (Å²) in [5, 5.41) is 4.25. The number of para-hydroxylation sites is 1. The molecule has 0 saturated carbocycles. The fraction of sp³-hybridized carbons (Fsp3) is 0.214. The van der Waals surface area contributed by atoms with Gasteiger partial charge in [-0.1, -0.05) is 66.7 Å². The van der Waals surface area contributed by atoms with Crippen LogP contribution in [0.25, 0.3) is 11.3 Å². The fourth-order valence-electron chi connectivity index (χ4n) is 4.19. The molecule has 1 saturated heterocycles. The molecule has 0 spiro atoms. The molecule has 1 aliphatic heterocycles. The van der Waals surface area contributed by atoms with Crippen LogP contribution in [0.4, 0.5) is 17.1 Å². The molecule has 1 heterocycles. The molecule has 4 rings (SSSR count). The summed E-state index contributed by atoms with van der Waals surface area (Å²) in [5.74, 6) is 0. The normalized spacial score (nSPS) is 13.7. The zero-order valence-corrected chi connectivity index (χ0v) is 19.6. The molecule has 3 nitrogen and oxygen atoms in total. The number of allylic oxidation sites excluding steroid dienone is 1. The minimum atomic E-state index is 0.702. The molecule has 0 bridgehead atoms. The molecule has 0 radical (unpaired) electrons. The SMILES string of the molecule is C=C(C)c1ccc(N2CCN(c3ccccc3C)CC2)c(NC(=C)c2cccc(Cl)c2)c1. The first-order chi connectivity index (χ1) is 15.4. The first-order valence-electron chi connectivity index (χ1n) is 11.0. The van der Waals surface area contributed by atoms with Crippen LogP contribution in [0, 0.1) is 6.92 Å². The summed E-state index contributed by atoms with van der Waals surface area (Å²) >= 11 is 6.19. The van der Waals surface area contributed by atoms with Gasteiger partial charge in [-0.15, -0.1) is 0 Å².